The number of imidazole rings is 1. The first-order chi connectivity index (χ1) is 14.8. The van der Waals surface area contributed by atoms with Crippen LogP contribution in [0.25, 0.3) is 0 Å². The largest absolute Gasteiger partial charge is 0.395 e. The van der Waals surface area contributed by atoms with Crippen LogP contribution in [-0.2, 0) is 25.6 Å². The van der Waals surface area contributed by atoms with E-state index in [0.29, 0.717) is 25.1 Å². The summed E-state index contributed by atoms with van der Waals surface area (Å²) < 4.78 is 0. The fourth-order valence-corrected chi connectivity index (χ4v) is 3.78. The topological polar surface area (TPSA) is 191 Å². The molecule has 2 aliphatic rings. The first kappa shape index (κ1) is 22.2. The molecule has 31 heavy (non-hydrogen) atoms. The number of nitrogens with zero attached hydrogens (tertiary/aromatic N) is 3. The van der Waals surface area contributed by atoms with Gasteiger partial charge in [0.05, 0.1) is 25.9 Å². The molecule has 13 nitrogen and oxygen atoms in total. The van der Waals surface area contributed by atoms with Gasteiger partial charge in [0.25, 0.3) is 0 Å². The number of carbonyl (C=O) groups is 5. The molecule has 3 heterocycles. The molecule has 2 fully saturated rings. The van der Waals surface area contributed by atoms with Crippen molar-refractivity contribution in [3.63, 3.8) is 0 Å². The number of carbonyl (C=O) groups excluding carboxylic acids is 5. The lowest BCUT2D eigenvalue weighted by Crippen LogP contribution is -2.62. The maximum absolute atomic E-state index is 13.1. The number of aromatic nitrogens is 2. The Hall–Kier alpha value is -3.48. The standard InChI is InChI=1S/C18H25N7O6/c19-15(28)13-2-1-3-24(13)17(30)12(6-10-8-20-9-21-10)22-16(29)11-7-14(27)25(4-5-26)18(31)23-11/h8-9,11-13,26H,1-7H2,(H2,19,28)(H,20,21)(H,22,29)(H,23,31)/t11-,12+,13+/m1/s1. The number of β-amino-alcohol motifs (C(OH)–C–C–N with tert-alkyl or cyclic N) is 1. The van der Waals surface area contributed by atoms with Gasteiger partial charge in [-0.15, -0.1) is 0 Å². The van der Waals surface area contributed by atoms with E-state index in [1.165, 1.54) is 17.4 Å². The van der Waals surface area contributed by atoms with Crippen LogP contribution in [0.2, 0.25) is 0 Å². The molecule has 0 bridgehead atoms. The number of aromatic amines is 1. The molecule has 0 saturated carbocycles. The smallest absolute Gasteiger partial charge is 0.324 e. The van der Waals surface area contributed by atoms with Crippen LogP contribution in [0, 0.1) is 0 Å². The minimum Gasteiger partial charge on any atom is -0.395 e. The van der Waals surface area contributed by atoms with Crippen molar-refractivity contribution in [2.24, 2.45) is 5.73 Å². The predicted molar refractivity (Wildman–Crippen MR) is 104 cm³/mol. The van der Waals surface area contributed by atoms with Crippen molar-refractivity contribution in [2.75, 3.05) is 19.7 Å². The second kappa shape index (κ2) is 9.55. The molecule has 6 amide bonds. The molecule has 0 aliphatic carbocycles. The summed E-state index contributed by atoms with van der Waals surface area (Å²) in [5.74, 6) is -2.42. The van der Waals surface area contributed by atoms with E-state index in [-0.39, 0.29) is 19.4 Å². The van der Waals surface area contributed by atoms with Crippen molar-refractivity contribution in [3.05, 3.63) is 18.2 Å². The quantitative estimate of drug-likeness (QED) is 0.291. The summed E-state index contributed by atoms with van der Waals surface area (Å²) in [6.07, 6.45) is 3.74. The number of hydrogen-bond acceptors (Lipinski definition) is 7. The molecular formula is C18H25N7O6. The van der Waals surface area contributed by atoms with Gasteiger partial charge in [-0.3, -0.25) is 24.1 Å². The van der Waals surface area contributed by atoms with Crippen molar-refractivity contribution in [1.82, 2.24) is 30.4 Å². The number of imide groups is 1. The summed E-state index contributed by atoms with van der Waals surface area (Å²) in [6.45, 7) is -0.242. The van der Waals surface area contributed by atoms with Crippen LogP contribution >= 0.6 is 0 Å². The van der Waals surface area contributed by atoms with Gasteiger partial charge in [-0.25, -0.2) is 9.78 Å². The minimum atomic E-state index is -1.17. The lowest BCUT2D eigenvalue weighted by molar-refractivity contribution is -0.141. The van der Waals surface area contributed by atoms with Gasteiger partial charge in [-0.1, -0.05) is 0 Å². The molecule has 0 radical (unpaired) electrons. The van der Waals surface area contributed by atoms with Crippen LogP contribution in [0.1, 0.15) is 25.0 Å². The maximum atomic E-state index is 13.1. The second-order valence-electron chi connectivity index (χ2n) is 7.41. The summed E-state index contributed by atoms with van der Waals surface area (Å²) in [7, 11) is 0. The van der Waals surface area contributed by atoms with Crippen molar-refractivity contribution >= 4 is 29.7 Å². The number of nitrogens with two attached hydrogens (primary N) is 1. The number of likely N-dealkylation sites (tertiary alicyclic amines) is 1. The van der Waals surface area contributed by atoms with Gasteiger partial charge in [-0.05, 0) is 12.8 Å². The lowest BCUT2D eigenvalue weighted by atomic mass is 10.1. The number of H-pyrrole nitrogens is 1. The fourth-order valence-electron chi connectivity index (χ4n) is 3.78. The van der Waals surface area contributed by atoms with E-state index in [1.807, 2.05) is 0 Å². The van der Waals surface area contributed by atoms with Gasteiger partial charge in [-0.2, -0.15) is 0 Å². The molecule has 13 heteroatoms. The predicted octanol–water partition coefficient (Wildman–Crippen LogP) is -2.78. The zero-order chi connectivity index (χ0) is 22.5. The highest BCUT2D eigenvalue weighted by Gasteiger charge is 2.40. The van der Waals surface area contributed by atoms with Gasteiger partial charge in [0.15, 0.2) is 0 Å². The van der Waals surface area contributed by atoms with Gasteiger partial charge < -0.3 is 31.4 Å². The van der Waals surface area contributed by atoms with Crippen LogP contribution in [0.15, 0.2) is 12.5 Å². The SMILES string of the molecule is NC(=O)[C@@H]1CCCN1C(=O)[C@H](Cc1cnc[nH]1)NC(=O)[C@H]1CC(=O)N(CCO)C(=O)N1. The zero-order valence-electron chi connectivity index (χ0n) is 16.7. The summed E-state index contributed by atoms with van der Waals surface area (Å²) in [4.78, 5) is 70.8. The summed E-state index contributed by atoms with van der Waals surface area (Å²) in [5.41, 5.74) is 5.98. The number of primary amides is 1. The highest BCUT2D eigenvalue weighted by molar-refractivity contribution is 6.03. The van der Waals surface area contributed by atoms with Crippen LogP contribution < -0.4 is 16.4 Å². The molecule has 168 valence electrons. The van der Waals surface area contributed by atoms with E-state index < -0.39 is 54.4 Å². The molecule has 0 aromatic carbocycles. The monoisotopic (exact) mass is 435 g/mol. The minimum absolute atomic E-state index is 0.0673. The average Bonchev–Trinajstić information content (AvgIpc) is 3.41. The van der Waals surface area contributed by atoms with Crippen LogP contribution in [0.3, 0.4) is 0 Å². The number of rotatable bonds is 8. The Morgan fingerprint density at radius 1 is 1.35 bits per heavy atom. The first-order valence-corrected chi connectivity index (χ1v) is 9.91. The van der Waals surface area contributed by atoms with E-state index in [9.17, 15) is 24.0 Å². The summed E-state index contributed by atoms with van der Waals surface area (Å²) >= 11 is 0. The Labute approximate surface area is 177 Å². The molecule has 0 unspecified atom stereocenters. The Balaban J connectivity index is 1.73. The van der Waals surface area contributed by atoms with E-state index >= 15 is 0 Å². The third-order valence-corrected chi connectivity index (χ3v) is 5.32. The summed E-state index contributed by atoms with van der Waals surface area (Å²) in [6, 6.07) is -3.78. The molecular weight excluding hydrogens is 410 g/mol. The van der Waals surface area contributed by atoms with E-state index in [1.54, 1.807) is 0 Å². The molecule has 6 N–H and O–H groups in total. The van der Waals surface area contributed by atoms with E-state index in [2.05, 4.69) is 20.6 Å². The fraction of sp³-hybridized carbons (Fsp3) is 0.556. The van der Waals surface area contributed by atoms with Crippen LogP contribution in [-0.4, -0.2) is 92.4 Å². The highest BCUT2D eigenvalue weighted by Crippen LogP contribution is 2.19. The number of urea groups is 1. The van der Waals surface area contributed by atoms with Crippen molar-refractivity contribution < 1.29 is 29.1 Å². The lowest BCUT2D eigenvalue weighted by Gasteiger charge is -2.32. The van der Waals surface area contributed by atoms with Crippen LogP contribution in [0.4, 0.5) is 4.79 Å². The first-order valence-electron chi connectivity index (χ1n) is 9.91. The van der Waals surface area contributed by atoms with Crippen molar-refractivity contribution in [3.8, 4) is 0 Å². The molecule has 1 aromatic heterocycles. The Kier molecular flexibility index (Phi) is 6.84. The number of amides is 6. The average molecular weight is 435 g/mol. The molecule has 2 saturated heterocycles. The molecule has 1 aromatic rings. The normalized spacial score (nSPS) is 22.2. The second-order valence-corrected chi connectivity index (χ2v) is 7.41. The third-order valence-electron chi connectivity index (χ3n) is 5.32. The third kappa shape index (κ3) is 4.99. The number of nitrogens with one attached hydrogen (secondary N) is 3. The summed E-state index contributed by atoms with van der Waals surface area (Å²) in [5, 5.41) is 13.9. The van der Waals surface area contributed by atoms with Gasteiger partial charge in [0, 0.05) is 24.9 Å². The van der Waals surface area contributed by atoms with Gasteiger partial charge in [0.2, 0.25) is 23.6 Å². The van der Waals surface area contributed by atoms with Gasteiger partial charge >= 0.3 is 6.03 Å². The highest BCUT2D eigenvalue weighted by atomic mass is 16.3. The van der Waals surface area contributed by atoms with Crippen molar-refractivity contribution in [2.45, 2.75) is 43.8 Å². The molecule has 0 spiro atoms. The number of hydrogen-bond donors (Lipinski definition) is 5. The van der Waals surface area contributed by atoms with Crippen molar-refractivity contribution in [1.29, 1.82) is 0 Å². The van der Waals surface area contributed by atoms with Gasteiger partial charge in [0.1, 0.15) is 18.1 Å². The molecule has 2 aliphatic heterocycles. The van der Waals surface area contributed by atoms with Crippen LogP contribution in [0.5, 0.6) is 0 Å². The Morgan fingerprint density at radius 2 is 2.13 bits per heavy atom. The maximum Gasteiger partial charge on any atom is 0.324 e. The number of aliphatic hydroxyl groups is 1. The Bertz CT molecular complexity index is 840. The molecule has 3 atom stereocenters. The van der Waals surface area contributed by atoms with E-state index in [0.717, 1.165) is 4.90 Å². The Morgan fingerprint density at radius 3 is 2.74 bits per heavy atom. The number of aliphatic hydroxyl groups excluding tert-OH is 1. The molecule has 3 rings (SSSR count). The zero-order valence-corrected chi connectivity index (χ0v) is 16.7. The van der Waals surface area contributed by atoms with E-state index in [4.69, 9.17) is 10.8 Å².